The number of hydrogen-bond donors (Lipinski definition) is 2. The standard InChI is InChI=1S/C19H26N2O3S/c22-18(8-9-25-17-4-2-1-3-5-17)20-15-10-16(11-15)21(13-19(23)24)12-14-6-7-14/h1-5,14-16H,6-13H2,(H,20,22)(H,23,24). The predicted octanol–water partition coefficient (Wildman–Crippen LogP) is 2.61. The van der Waals surface area contributed by atoms with Crippen LogP contribution in [0, 0.1) is 5.92 Å². The maximum Gasteiger partial charge on any atom is 0.317 e. The number of carboxylic acid groups (broad SMARTS) is 1. The second-order valence-corrected chi connectivity index (χ2v) is 8.24. The van der Waals surface area contributed by atoms with Crippen LogP contribution >= 0.6 is 11.8 Å². The molecule has 25 heavy (non-hydrogen) atoms. The summed E-state index contributed by atoms with van der Waals surface area (Å²) in [7, 11) is 0. The van der Waals surface area contributed by atoms with Crippen LogP contribution in [0.2, 0.25) is 0 Å². The number of carbonyl (C=O) groups excluding carboxylic acids is 1. The first-order chi connectivity index (χ1) is 12.1. The third-order valence-corrected chi connectivity index (χ3v) is 5.88. The highest BCUT2D eigenvalue weighted by molar-refractivity contribution is 7.99. The number of carboxylic acids is 1. The summed E-state index contributed by atoms with van der Waals surface area (Å²) in [6.07, 6.45) is 4.71. The maximum atomic E-state index is 12.0. The van der Waals surface area contributed by atoms with Crippen LogP contribution in [0.4, 0.5) is 0 Å². The van der Waals surface area contributed by atoms with Gasteiger partial charge in [-0.1, -0.05) is 18.2 Å². The Kier molecular flexibility index (Phi) is 6.37. The lowest BCUT2D eigenvalue weighted by molar-refractivity contribution is -0.140. The van der Waals surface area contributed by atoms with Gasteiger partial charge in [-0.25, -0.2) is 0 Å². The molecule has 2 aliphatic carbocycles. The van der Waals surface area contributed by atoms with Crippen molar-refractivity contribution in [1.82, 2.24) is 10.2 Å². The highest BCUT2D eigenvalue weighted by Gasteiger charge is 2.37. The number of amides is 1. The molecule has 2 N–H and O–H groups in total. The van der Waals surface area contributed by atoms with E-state index in [0.29, 0.717) is 18.4 Å². The summed E-state index contributed by atoms with van der Waals surface area (Å²) in [4.78, 5) is 26.4. The van der Waals surface area contributed by atoms with Crippen LogP contribution in [0.1, 0.15) is 32.1 Å². The molecule has 6 heteroatoms. The molecule has 0 atom stereocenters. The molecule has 0 bridgehead atoms. The minimum Gasteiger partial charge on any atom is -0.480 e. The van der Waals surface area contributed by atoms with Gasteiger partial charge in [0.15, 0.2) is 0 Å². The average Bonchev–Trinajstić information content (AvgIpc) is 3.34. The van der Waals surface area contributed by atoms with Crippen molar-refractivity contribution >= 4 is 23.6 Å². The number of benzene rings is 1. The minimum atomic E-state index is -0.758. The van der Waals surface area contributed by atoms with E-state index in [4.69, 9.17) is 5.11 Å². The van der Waals surface area contributed by atoms with E-state index < -0.39 is 5.97 Å². The second-order valence-electron chi connectivity index (χ2n) is 7.07. The minimum absolute atomic E-state index is 0.0962. The SMILES string of the molecule is O=C(O)CN(CC1CC1)C1CC(NC(=O)CCSc2ccccc2)C1. The first-order valence-corrected chi connectivity index (χ1v) is 10.0. The van der Waals surface area contributed by atoms with Gasteiger partial charge in [-0.2, -0.15) is 0 Å². The Morgan fingerprint density at radius 3 is 2.56 bits per heavy atom. The summed E-state index contributed by atoms with van der Waals surface area (Å²) in [5.41, 5.74) is 0. The molecule has 136 valence electrons. The second kappa shape index (κ2) is 8.72. The van der Waals surface area contributed by atoms with Gasteiger partial charge in [-0.05, 0) is 43.7 Å². The van der Waals surface area contributed by atoms with Crippen molar-refractivity contribution in [2.45, 2.75) is 49.1 Å². The number of rotatable bonds is 10. The lowest BCUT2D eigenvalue weighted by atomic mass is 9.85. The molecule has 0 aromatic heterocycles. The Labute approximate surface area is 153 Å². The first kappa shape index (κ1) is 18.3. The number of nitrogens with one attached hydrogen (secondary N) is 1. The number of hydrogen-bond acceptors (Lipinski definition) is 4. The van der Waals surface area contributed by atoms with E-state index in [0.717, 1.165) is 25.1 Å². The average molecular weight is 362 g/mol. The fourth-order valence-electron chi connectivity index (χ4n) is 3.23. The summed E-state index contributed by atoms with van der Waals surface area (Å²) in [5, 5.41) is 12.2. The number of aliphatic carboxylic acids is 1. The molecular formula is C19H26N2O3S. The number of carbonyl (C=O) groups is 2. The van der Waals surface area contributed by atoms with E-state index in [2.05, 4.69) is 22.3 Å². The largest absolute Gasteiger partial charge is 0.480 e. The highest BCUT2D eigenvalue weighted by Crippen LogP contribution is 2.33. The summed E-state index contributed by atoms with van der Waals surface area (Å²) >= 11 is 1.69. The molecule has 2 fully saturated rings. The van der Waals surface area contributed by atoms with E-state index in [1.54, 1.807) is 11.8 Å². The summed E-state index contributed by atoms with van der Waals surface area (Å²) < 4.78 is 0. The Morgan fingerprint density at radius 1 is 1.20 bits per heavy atom. The van der Waals surface area contributed by atoms with E-state index in [1.807, 2.05) is 18.2 Å². The highest BCUT2D eigenvalue weighted by atomic mass is 32.2. The van der Waals surface area contributed by atoms with Gasteiger partial charge < -0.3 is 10.4 Å². The Morgan fingerprint density at radius 2 is 1.92 bits per heavy atom. The van der Waals surface area contributed by atoms with Crippen LogP contribution in [-0.4, -0.2) is 52.8 Å². The van der Waals surface area contributed by atoms with Crippen molar-refractivity contribution in [2.24, 2.45) is 5.92 Å². The molecule has 1 aromatic carbocycles. The van der Waals surface area contributed by atoms with Crippen molar-refractivity contribution in [3.8, 4) is 0 Å². The van der Waals surface area contributed by atoms with E-state index in [9.17, 15) is 9.59 Å². The third kappa shape index (κ3) is 6.04. The van der Waals surface area contributed by atoms with Crippen LogP contribution in [0.5, 0.6) is 0 Å². The van der Waals surface area contributed by atoms with Gasteiger partial charge in [0.1, 0.15) is 0 Å². The van der Waals surface area contributed by atoms with Gasteiger partial charge in [0, 0.05) is 35.7 Å². The molecule has 0 aliphatic heterocycles. The van der Waals surface area contributed by atoms with Crippen molar-refractivity contribution in [1.29, 1.82) is 0 Å². The Balaban J connectivity index is 1.33. The molecule has 1 aromatic rings. The van der Waals surface area contributed by atoms with Crippen LogP contribution in [0.25, 0.3) is 0 Å². The molecule has 1 amide bonds. The first-order valence-electron chi connectivity index (χ1n) is 9.03. The van der Waals surface area contributed by atoms with Crippen LogP contribution in [0.15, 0.2) is 35.2 Å². The van der Waals surface area contributed by atoms with Crippen LogP contribution in [0.3, 0.4) is 0 Å². The zero-order valence-electron chi connectivity index (χ0n) is 14.4. The van der Waals surface area contributed by atoms with E-state index >= 15 is 0 Å². The number of nitrogens with zero attached hydrogens (tertiary/aromatic N) is 1. The lowest BCUT2D eigenvalue weighted by Gasteiger charge is -2.42. The van der Waals surface area contributed by atoms with Crippen molar-refractivity contribution in [2.75, 3.05) is 18.8 Å². The fourth-order valence-corrected chi connectivity index (χ4v) is 4.10. The van der Waals surface area contributed by atoms with Gasteiger partial charge in [0.05, 0.1) is 6.54 Å². The molecule has 0 spiro atoms. The summed E-state index contributed by atoms with van der Waals surface area (Å²) in [6, 6.07) is 10.6. The van der Waals surface area contributed by atoms with Gasteiger partial charge in [-0.15, -0.1) is 11.8 Å². The summed E-state index contributed by atoms with van der Waals surface area (Å²) in [6.45, 7) is 1.01. The predicted molar refractivity (Wildman–Crippen MR) is 98.7 cm³/mol. The molecule has 0 radical (unpaired) electrons. The van der Waals surface area contributed by atoms with Crippen molar-refractivity contribution in [3.63, 3.8) is 0 Å². The monoisotopic (exact) mass is 362 g/mol. The topological polar surface area (TPSA) is 69.6 Å². The zero-order chi connectivity index (χ0) is 17.6. The molecule has 2 aliphatic rings. The Hall–Kier alpha value is -1.53. The Bertz CT molecular complexity index is 586. The van der Waals surface area contributed by atoms with Gasteiger partial charge in [0.2, 0.25) is 5.91 Å². The van der Waals surface area contributed by atoms with Gasteiger partial charge in [-0.3, -0.25) is 14.5 Å². The molecular weight excluding hydrogens is 336 g/mol. The van der Waals surface area contributed by atoms with E-state index in [1.165, 1.54) is 17.7 Å². The van der Waals surface area contributed by atoms with Gasteiger partial charge >= 0.3 is 5.97 Å². The van der Waals surface area contributed by atoms with Crippen molar-refractivity contribution < 1.29 is 14.7 Å². The zero-order valence-corrected chi connectivity index (χ0v) is 15.2. The molecule has 5 nitrogen and oxygen atoms in total. The molecule has 3 rings (SSSR count). The van der Waals surface area contributed by atoms with E-state index in [-0.39, 0.29) is 18.5 Å². The van der Waals surface area contributed by atoms with Crippen LogP contribution in [-0.2, 0) is 9.59 Å². The smallest absolute Gasteiger partial charge is 0.317 e. The maximum absolute atomic E-state index is 12.0. The molecule has 0 saturated heterocycles. The van der Waals surface area contributed by atoms with Crippen molar-refractivity contribution in [3.05, 3.63) is 30.3 Å². The third-order valence-electron chi connectivity index (χ3n) is 4.86. The molecule has 0 heterocycles. The molecule has 2 saturated carbocycles. The molecule has 0 unspecified atom stereocenters. The quantitative estimate of drug-likeness (QED) is 0.626. The lowest BCUT2D eigenvalue weighted by Crippen LogP contribution is -2.55. The summed E-state index contributed by atoms with van der Waals surface area (Å²) in [5.74, 6) is 0.798. The van der Waals surface area contributed by atoms with Gasteiger partial charge in [0.25, 0.3) is 0 Å². The normalized spacial score (nSPS) is 22.4. The fraction of sp³-hybridized carbons (Fsp3) is 0.579. The van der Waals surface area contributed by atoms with Crippen LogP contribution < -0.4 is 5.32 Å². The number of thioether (sulfide) groups is 1.